The monoisotopic (exact) mass is 213 g/mol. The minimum atomic E-state index is -0.925. The molecule has 1 aromatic rings. The van der Waals surface area contributed by atoms with E-state index >= 15 is 0 Å². The number of hydrogen-bond donors (Lipinski definition) is 2. The smallest absolute Gasteiger partial charge is 0.322 e. The highest BCUT2D eigenvalue weighted by atomic mass is 19.1. The molecule has 1 rings (SSSR count). The number of nitrogens with two attached hydrogens (primary N) is 1. The molecular weight excluding hydrogens is 201 g/mol. The van der Waals surface area contributed by atoms with Gasteiger partial charge in [0.1, 0.15) is 6.04 Å². The van der Waals surface area contributed by atoms with Gasteiger partial charge in [-0.1, -0.05) is 12.1 Å². The molecule has 0 aliphatic carbocycles. The fourth-order valence-corrected chi connectivity index (χ4v) is 1.20. The van der Waals surface area contributed by atoms with Crippen LogP contribution in [0.4, 0.5) is 4.39 Å². The van der Waals surface area contributed by atoms with Crippen molar-refractivity contribution >= 4 is 5.97 Å². The van der Waals surface area contributed by atoms with Gasteiger partial charge < -0.3 is 15.6 Å². The molecule has 0 fully saturated rings. The number of rotatable bonds is 3. The number of carbonyl (C=O) groups is 1. The van der Waals surface area contributed by atoms with E-state index < -0.39 is 23.6 Å². The summed E-state index contributed by atoms with van der Waals surface area (Å²) in [7, 11) is 1.21. The van der Waals surface area contributed by atoms with Crippen LogP contribution in [0.1, 0.15) is 5.56 Å². The lowest BCUT2D eigenvalue weighted by atomic mass is 10.1. The number of halogens is 1. The Morgan fingerprint density at radius 2 is 2.33 bits per heavy atom. The second-order valence-corrected chi connectivity index (χ2v) is 3.08. The van der Waals surface area contributed by atoms with E-state index in [0.717, 1.165) is 0 Å². The molecule has 0 amide bonds. The zero-order valence-electron chi connectivity index (χ0n) is 8.24. The van der Waals surface area contributed by atoms with Gasteiger partial charge in [0.25, 0.3) is 0 Å². The van der Waals surface area contributed by atoms with Gasteiger partial charge in [-0.3, -0.25) is 4.79 Å². The molecule has 0 aliphatic heterocycles. The molecule has 0 radical (unpaired) electrons. The van der Waals surface area contributed by atoms with Gasteiger partial charge in [-0.2, -0.15) is 0 Å². The maximum absolute atomic E-state index is 13.3. The Bertz CT molecular complexity index is 368. The maximum Gasteiger partial charge on any atom is 0.322 e. The van der Waals surface area contributed by atoms with Gasteiger partial charge in [-0.05, 0) is 11.6 Å². The van der Waals surface area contributed by atoms with E-state index in [1.807, 2.05) is 0 Å². The predicted molar refractivity (Wildman–Crippen MR) is 51.8 cm³/mol. The number of esters is 1. The quantitative estimate of drug-likeness (QED) is 0.720. The molecule has 4 nitrogen and oxygen atoms in total. The molecule has 15 heavy (non-hydrogen) atoms. The summed E-state index contributed by atoms with van der Waals surface area (Å²) in [5, 5.41) is 9.08. The lowest BCUT2D eigenvalue weighted by molar-refractivity contribution is -0.142. The van der Waals surface area contributed by atoms with Gasteiger partial charge in [0, 0.05) is 6.42 Å². The summed E-state index contributed by atoms with van der Waals surface area (Å²) < 4.78 is 17.7. The average molecular weight is 213 g/mol. The number of methoxy groups -OCH3 is 1. The minimum absolute atomic E-state index is 0.00704. The number of phenols is 1. The molecule has 5 heteroatoms. The van der Waals surface area contributed by atoms with E-state index in [-0.39, 0.29) is 12.0 Å². The molecule has 0 unspecified atom stereocenters. The van der Waals surface area contributed by atoms with Crippen LogP contribution >= 0.6 is 0 Å². The SMILES string of the molecule is COC(=O)[C@@H](N)Cc1cccc(O)c1F. The maximum atomic E-state index is 13.3. The zero-order chi connectivity index (χ0) is 11.4. The van der Waals surface area contributed by atoms with E-state index in [1.54, 1.807) is 0 Å². The first-order valence-corrected chi connectivity index (χ1v) is 4.36. The van der Waals surface area contributed by atoms with E-state index in [2.05, 4.69) is 4.74 Å². The Balaban J connectivity index is 2.81. The molecule has 0 spiro atoms. The van der Waals surface area contributed by atoms with Crippen molar-refractivity contribution in [2.75, 3.05) is 7.11 Å². The summed E-state index contributed by atoms with van der Waals surface area (Å²) in [5.74, 6) is -1.82. The molecule has 82 valence electrons. The molecule has 1 aromatic carbocycles. The summed E-state index contributed by atoms with van der Waals surface area (Å²) >= 11 is 0. The fraction of sp³-hybridized carbons (Fsp3) is 0.300. The molecular formula is C10H12FNO3. The molecule has 0 saturated carbocycles. The Labute approximate surface area is 86.5 Å². The van der Waals surface area contributed by atoms with Crippen LogP contribution in [0, 0.1) is 5.82 Å². The third-order valence-corrected chi connectivity index (χ3v) is 2.00. The second kappa shape index (κ2) is 4.75. The highest BCUT2D eigenvalue weighted by Crippen LogP contribution is 2.19. The summed E-state index contributed by atoms with van der Waals surface area (Å²) in [5.41, 5.74) is 5.64. The van der Waals surface area contributed by atoms with Crippen molar-refractivity contribution in [1.82, 2.24) is 0 Å². The standard InChI is InChI=1S/C10H12FNO3/c1-15-10(14)7(12)5-6-3-2-4-8(13)9(6)11/h2-4,7,13H,5,12H2,1H3/t7-/m0/s1. The van der Waals surface area contributed by atoms with Gasteiger partial charge in [0.15, 0.2) is 11.6 Å². The van der Waals surface area contributed by atoms with Crippen molar-refractivity contribution in [1.29, 1.82) is 0 Å². The third-order valence-electron chi connectivity index (χ3n) is 2.00. The highest BCUT2D eigenvalue weighted by molar-refractivity contribution is 5.75. The number of ether oxygens (including phenoxy) is 1. The largest absolute Gasteiger partial charge is 0.505 e. The van der Waals surface area contributed by atoms with Crippen LogP contribution < -0.4 is 5.73 Å². The normalized spacial score (nSPS) is 12.2. The zero-order valence-corrected chi connectivity index (χ0v) is 8.24. The van der Waals surface area contributed by atoms with Gasteiger partial charge in [0.05, 0.1) is 7.11 Å². The first-order chi connectivity index (χ1) is 7.06. The van der Waals surface area contributed by atoms with Gasteiger partial charge >= 0.3 is 5.97 Å². The lowest BCUT2D eigenvalue weighted by Crippen LogP contribution is -2.33. The summed E-state index contributed by atoms with van der Waals surface area (Å²) in [4.78, 5) is 11.0. The van der Waals surface area contributed by atoms with E-state index in [1.165, 1.54) is 25.3 Å². The Kier molecular flexibility index (Phi) is 3.62. The molecule has 0 aromatic heterocycles. The first-order valence-electron chi connectivity index (χ1n) is 4.36. The van der Waals surface area contributed by atoms with Crippen LogP contribution in [-0.2, 0) is 16.0 Å². The van der Waals surface area contributed by atoms with Crippen LogP contribution in [0.2, 0.25) is 0 Å². The Hall–Kier alpha value is -1.62. The van der Waals surface area contributed by atoms with Crippen LogP contribution in [0.25, 0.3) is 0 Å². The van der Waals surface area contributed by atoms with E-state index in [0.29, 0.717) is 0 Å². The van der Waals surface area contributed by atoms with Crippen molar-refractivity contribution in [2.24, 2.45) is 5.73 Å². The van der Waals surface area contributed by atoms with Gasteiger partial charge in [0.2, 0.25) is 0 Å². The van der Waals surface area contributed by atoms with E-state index in [9.17, 15) is 9.18 Å². The molecule has 3 N–H and O–H groups in total. The number of hydrogen-bond acceptors (Lipinski definition) is 4. The third kappa shape index (κ3) is 2.66. The van der Waals surface area contributed by atoms with Crippen molar-refractivity contribution in [3.63, 3.8) is 0 Å². The average Bonchev–Trinajstić information content (AvgIpc) is 2.23. The number of aromatic hydroxyl groups is 1. The first kappa shape index (κ1) is 11.5. The van der Waals surface area contributed by atoms with Crippen LogP contribution in [-0.4, -0.2) is 24.2 Å². The molecule has 1 atom stereocenters. The van der Waals surface area contributed by atoms with Crippen LogP contribution in [0.3, 0.4) is 0 Å². The Morgan fingerprint density at radius 3 is 2.93 bits per heavy atom. The minimum Gasteiger partial charge on any atom is -0.505 e. The lowest BCUT2D eigenvalue weighted by Gasteiger charge is -2.10. The Morgan fingerprint density at radius 1 is 1.67 bits per heavy atom. The predicted octanol–water partition coefficient (Wildman–Crippen LogP) is 0.574. The highest BCUT2D eigenvalue weighted by Gasteiger charge is 2.17. The van der Waals surface area contributed by atoms with Crippen LogP contribution in [0.5, 0.6) is 5.75 Å². The van der Waals surface area contributed by atoms with Crippen LogP contribution in [0.15, 0.2) is 18.2 Å². The second-order valence-electron chi connectivity index (χ2n) is 3.08. The number of phenolic OH excluding ortho intramolecular Hbond substituents is 1. The number of carbonyl (C=O) groups excluding carboxylic acids is 1. The summed E-state index contributed by atoms with van der Waals surface area (Å²) in [6, 6.07) is 3.24. The fourth-order valence-electron chi connectivity index (χ4n) is 1.20. The van der Waals surface area contributed by atoms with Gasteiger partial charge in [-0.25, -0.2) is 4.39 Å². The van der Waals surface area contributed by atoms with E-state index in [4.69, 9.17) is 10.8 Å². The van der Waals surface area contributed by atoms with Crippen molar-refractivity contribution in [3.8, 4) is 5.75 Å². The van der Waals surface area contributed by atoms with Crippen molar-refractivity contribution in [2.45, 2.75) is 12.5 Å². The summed E-state index contributed by atoms with van der Waals surface area (Å²) in [6.07, 6.45) is -0.00704. The van der Waals surface area contributed by atoms with Crippen molar-refractivity contribution < 1.29 is 19.0 Å². The number of benzene rings is 1. The molecule has 0 aliphatic rings. The summed E-state index contributed by atoms with van der Waals surface area (Å²) in [6.45, 7) is 0. The molecule has 0 saturated heterocycles. The molecule has 0 heterocycles. The van der Waals surface area contributed by atoms with Gasteiger partial charge in [-0.15, -0.1) is 0 Å². The molecule has 0 bridgehead atoms. The van der Waals surface area contributed by atoms with Crippen molar-refractivity contribution in [3.05, 3.63) is 29.6 Å². The topological polar surface area (TPSA) is 72.5 Å².